The van der Waals surface area contributed by atoms with Gasteiger partial charge in [0.1, 0.15) is 0 Å². The summed E-state index contributed by atoms with van der Waals surface area (Å²) in [4.78, 5) is 0. The molecule has 2 aliphatic carbocycles. The van der Waals surface area contributed by atoms with E-state index in [1.165, 1.54) is 38.9 Å². The van der Waals surface area contributed by atoms with Crippen molar-refractivity contribution >= 4 is 0 Å². The summed E-state index contributed by atoms with van der Waals surface area (Å²) < 4.78 is 0. The molecule has 0 N–H and O–H groups in total. The molecular weight excluding hydrogens is 312 g/mol. The van der Waals surface area contributed by atoms with Gasteiger partial charge in [-0.25, -0.2) is 0 Å². The molecular formula is C26H24. The Hall–Kier alpha value is -2.86. The Bertz CT molecular complexity index is 965. The third kappa shape index (κ3) is 3.41. The molecule has 2 aromatic rings. The van der Waals surface area contributed by atoms with Crippen molar-refractivity contribution in [3.8, 4) is 22.3 Å². The summed E-state index contributed by atoms with van der Waals surface area (Å²) >= 11 is 0. The smallest absolute Gasteiger partial charge is 0.00253 e. The normalized spacial score (nSPS) is 11.2. The molecule has 0 heterocycles. The van der Waals surface area contributed by atoms with Gasteiger partial charge in [-0.15, -0.1) is 0 Å². The van der Waals surface area contributed by atoms with E-state index in [1.807, 2.05) is 0 Å². The second-order valence-electron chi connectivity index (χ2n) is 7.31. The summed E-state index contributed by atoms with van der Waals surface area (Å²) in [5, 5.41) is 0. The lowest BCUT2D eigenvalue weighted by Gasteiger charge is -2.04. The Labute approximate surface area is 156 Å². The second-order valence-corrected chi connectivity index (χ2v) is 7.31. The zero-order valence-electron chi connectivity index (χ0n) is 15.4. The SMILES string of the molecule is CC(C)c1ccc(-c2ccccc2)c2cc(Cc3ccccc3)cc-2c1. The molecule has 128 valence electrons. The summed E-state index contributed by atoms with van der Waals surface area (Å²) in [6.07, 6.45) is 0.977. The van der Waals surface area contributed by atoms with Crippen LogP contribution in [-0.4, -0.2) is 0 Å². The van der Waals surface area contributed by atoms with Crippen molar-refractivity contribution in [2.45, 2.75) is 26.2 Å². The maximum absolute atomic E-state index is 2.37. The van der Waals surface area contributed by atoms with Crippen molar-refractivity contribution in [2.24, 2.45) is 0 Å². The third-order valence-electron chi connectivity index (χ3n) is 5.04. The molecule has 0 amide bonds. The van der Waals surface area contributed by atoms with Gasteiger partial charge in [0.2, 0.25) is 0 Å². The van der Waals surface area contributed by atoms with Gasteiger partial charge in [-0.05, 0) is 51.3 Å². The van der Waals surface area contributed by atoms with Crippen molar-refractivity contribution < 1.29 is 0 Å². The van der Waals surface area contributed by atoms with Gasteiger partial charge >= 0.3 is 0 Å². The Kier molecular flexibility index (Phi) is 4.58. The molecule has 0 fully saturated rings. The van der Waals surface area contributed by atoms with Crippen LogP contribution >= 0.6 is 0 Å². The van der Waals surface area contributed by atoms with Crippen LogP contribution in [0.5, 0.6) is 0 Å². The molecule has 4 rings (SSSR count). The first-order valence-electron chi connectivity index (χ1n) is 9.36. The van der Waals surface area contributed by atoms with Crippen LogP contribution in [0.2, 0.25) is 0 Å². The van der Waals surface area contributed by atoms with Gasteiger partial charge in [-0.2, -0.15) is 0 Å². The summed E-state index contributed by atoms with van der Waals surface area (Å²) in [7, 11) is 0. The van der Waals surface area contributed by atoms with Crippen LogP contribution in [0.3, 0.4) is 0 Å². The van der Waals surface area contributed by atoms with Crippen molar-refractivity contribution in [1.29, 1.82) is 0 Å². The monoisotopic (exact) mass is 336 g/mol. The molecule has 0 aromatic heterocycles. The Morgan fingerprint density at radius 3 is 1.96 bits per heavy atom. The molecule has 26 heavy (non-hydrogen) atoms. The van der Waals surface area contributed by atoms with Gasteiger partial charge in [0.25, 0.3) is 0 Å². The number of rotatable bonds is 4. The largest absolute Gasteiger partial charge is 0.0622 e. The van der Waals surface area contributed by atoms with Crippen LogP contribution in [0.4, 0.5) is 0 Å². The first-order valence-corrected chi connectivity index (χ1v) is 9.36. The molecule has 0 heteroatoms. The fraction of sp³-hybridized carbons (Fsp3) is 0.154. The molecule has 0 bridgehead atoms. The predicted octanol–water partition coefficient (Wildman–Crippen LogP) is 7.17. The first-order chi connectivity index (χ1) is 12.7. The fourth-order valence-electron chi connectivity index (χ4n) is 3.60. The van der Waals surface area contributed by atoms with Crippen LogP contribution in [0, 0.1) is 0 Å². The fourth-order valence-corrected chi connectivity index (χ4v) is 3.60. The molecule has 0 atom stereocenters. The minimum absolute atomic E-state index is 0.515. The quantitative estimate of drug-likeness (QED) is 0.370. The molecule has 0 unspecified atom stereocenters. The van der Waals surface area contributed by atoms with Crippen LogP contribution in [0.25, 0.3) is 22.3 Å². The van der Waals surface area contributed by atoms with E-state index >= 15 is 0 Å². The van der Waals surface area contributed by atoms with Gasteiger partial charge < -0.3 is 0 Å². The standard InChI is InChI=1S/C26H24/c1-19(2)23-13-14-25(22-11-7-4-8-12-22)26-17-21(16-24(26)18-23)15-20-9-5-3-6-10-20/h3-14,16-19H,15H2,1-2H3. The molecule has 0 radical (unpaired) electrons. The van der Waals surface area contributed by atoms with Crippen LogP contribution < -0.4 is 0 Å². The van der Waals surface area contributed by atoms with Gasteiger partial charge in [0.15, 0.2) is 0 Å². The number of hydrogen-bond acceptors (Lipinski definition) is 0. The van der Waals surface area contributed by atoms with Gasteiger partial charge in [0.05, 0.1) is 0 Å². The van der Waals surface area contributed by atoms with E-state index in [-0.39, 0.29) is 0 Å². The Morgan fingerprint density at radius 2 is 1.27 bits per heavy atom. The maximum Gasteiger partial charge on any atom is -0.00253 e. The highest BCUT2D eigenvalue weighted by Crippen LogP contribution is 2.37. The van der Waals surface area contributed by atoms with Gasteiger partial charge in [-0.1, -0.05) is 105 Å². The highest BCUT2D eigenvalue weighted by atomic mass is 14.2. The predicted molar refractivity (Wildman–Crippen MR) is 112 cm³/mol. The highest BCUT2D eigenvalue weighted by Gasteiger charge is 2.14. The highest BCUT2D eigenvalue weighted by molar-refractivity contribution is 5.86. The van der Waals surface area contributed by atoms with Crippen LogP contribution in [-0.2, 0) is 6.42 Å². The maximum atomic E-state index is 2.37. The Morgan fingerprint density at radius 1 is 0.577 bits per heavy atom. The molecule has 0 spiro atoms. The summed E-state index contributed by atoms with van der Waals surface area (Å²) in [6.45, 7) is 4.52. The van der Waals surface area contributed by atoms with Crippen LogP contribution in [0.15, 0.2) is 91.0 Å². The number of benzene rings is 2. The van der Waals surface area contributed by atoms with Crippen molar-refractivity contribution in [2.75, 3.05) is 0 Å². The molecule has 2 aromatic carbocycles. The average Bonchev–Trinajstić information content (AvgIpc) is 2.95. The van der Waals surface area contributed by atoms with Gasteiger partial charge in [-0.3, -0.25) is 0 Å². The topological polar surface area (TPSA) is 0 Å². The minimum Gasteiger partial charge on any atom is -0.0622 e. The summed E-state index contributed by atoms with van der Waals surface area (Å²) in [6, 6.07) is 33.1. The number of hydrogen-bond donors (Lipinski definition) is 0. The zero-order chi connectivity index (χ0) is 17.9. The van der Waals surface area contributed by atoms with E-state index in [1.54, 1.807) is 0 Å². The van der Waals surface area contributed by atoms with Crippen molar-refractivity contribution in [3.63, 3.8) is 0 Å². The zero-order valence-corrected chi connectivity index (χ0v) is 15.4. The Balaban J connectivity index is 1.86. The molecule has 0 saturated carbocycles. The van der Waals surface area contributed by atoms with Gasteiger partial charge in [0, 0.05) is 0 Å². The summed E-state index contributed by atoms with van der Waals surface area (Å²) in [5.74, 6) is 0.515. The molecule has 2 aliphatic rings. The lowest BCUT2D eigenvalue weighted by Crippen LogP contribution is -1.84. The van der Waals surface area contributed by atoms with Crippen LogP contribution in [0.1, 0.15) is 36.5 Å². The summed E-state index contributed by atoms with van der Waals surface area (Å²) in [5.41, 5.74) is 9.39. The lowest BCUT2D eigenvalue weighted by molar-refractivity contribution is 0.869. The number of fused-ring (bicyclic) bond motifs is 1. The van der Waals surface area contributed by atoms with Crippen molar-refractivity contribution in [1.82, 2.24) is 0 Å². The van der Waals surface area contributed by atoms with Crippen molar-refractivity contribution in [3.05, 3.63) is 108 Å². The van der Waals surface area contributed by atoms with E-state index in [9.17, 15) is 0 Å². The molecule has 0 aliphatic heterocycles. The van der Waals surface area contributed by atoms with E-state index in [2.05, 4.69) is 105 Å². The second kappa shape index (κ2) is 7.17. The average molecular weight is 336 g/mol. The third-order valence-corrected chi connectivity index (χ3v) is 5.04. The first kappa shape index (κ1) is 16.6. The molecule has 0 nitrogen and oxygen atoms in total. The minimum atomic E-state index is 0.515. The van der Waals surface area contributed by atoms with E-state index < -0.39 is 0 Å². The van der Waals surface area contributed by atoms with E-state index in [0.29, 0.717) is 5.92 Å². The van der Waals surface area contributed by atoms with E-state index in [4.69, 9.17) is 0 Å². The molecule has 0 saturated heterocycles. The lowest BCUT2D eigenvalue weighted by atomic mass is 10.00. The van der Waals surface area contributed by atoms with E-state index in [0.717, 1.165) is 6.42 Å².